The topological polar surface area (TPSA) is 59.4 Å². The molecule has 0 radical (unpaired) electrons. The van der Waals surface area contributed by atoms with Crippen molar-refractivity contribution in [1.29, 1.82) is 0 Å². The number of aromatic carboxylic acids is 1. The van der Waals surface area contributed by atoms with E-state index in [2.05, 4.69) is 4.98 Å². The highest BCUT2D eigenvalue weighted by molar-refractivity contribution is 5.90. The Hall–Kier alpha value is -2.36. The molecule has 0 saturated heterocycles. The maximum atomic E-state index is 11.0. The summed E-state index contributed by atoms with van der Waals surface area (Å²) in [6.07, 6.45) is 1.62. The second-order valence-electron chi connectivity index (χ2n) is 3.54. The molecule has 0 spiro atoms. The summed E-state index contributed by atoms with van der Waals surface area (Å²) >= 11 is 0. The molecule has 0 aliphatic heterocycles. The third-order valence-electron chi connectivity index (χ3n) is 2.21. The van der Waals surface area contributed by atoms with Gasteiger partial charge in [-0.15, -0.1) is 0 Å². The zero-order valence-corrected chi connectivity index (χ0v) is 9.25. The number of hydrogen-bond donors (Lipinski definition) is 1. The summed E-state index contributed by atoms with van der Waals surface area (Å²) in [5.74, 6) is -0.108. The maximum absolute atomic E-state index is 11.0. The minimum absolute atomic E-state index is 0.141. The molecule has 0 amide bonds. The molecule has 2 rings (SSSR count). The van der Waals surface area contributed by atoms with Gasteiger partial charge in [0.25, 0.3) is 0 Å². The smallest absolute Gasteiger partial charge is 0.339 e. The molecule has 0 saturated carbocycles. The SMILES string of the molecule is Cc1cc(Oc2ccccc2C(=O)O)ccn1. The van der Waals surface area contributed by atoms with Crippen LogP contribution in [0.25, 0.3) is 0 Å². The number of pyridine rings is 1. The largest absolute Gasteiger partial charge is 0.478 e. The van der Waals surface area contributed by atoms with Gasteiger partial charge >= 0.3 is 5.97 Å². The number of hydrogen-bond acceptors (Lipinski definition) is 3. The van der Waals surface area contributed by atoms with E-state index in [1.54, 1.807) is 36.5 Å². The van der Waals surface area contributed by atoms with E-state index in [-0.39, 0.29) is 5.56 Å². The molecule has 0 unspecified atom stereocenters. The first-order valence-electron chi connectivity index (χ1n) is 5.09. The molecule has 4 nitrogen and oxygen atoms in total. The number of carboxylic acids is 1. The minimum Gasteiger partial charge on any atom is -0.478 e. The molecule has 1 aromatic heterocycles. The molecule has 4 heteroatoms. The van der Waals surface area contributed by atoms with Gasteiger partial charge in [-0.2, -0.15) is 0 Å². The molecule has 0 bridgehead atoms. The van der Waals surface area contributed by atoms with Crippen LogP contribution in [0.15, 0.2) is 42.6 Å². The highest BCUT2D eigenvalue weighted by Crippen LogP contribution is 2.25. The van der Waals surface area contributed by atoms with Crippen LogP contribution in [0.5, 0.6) is 11.5 Å². The number of aromatic nitrogens is 1. The van der Waals surface area contributed by atoms with Gasteiger partial charge in [-0.1, -0.05) is 12.1 Å². The van der Waals surface area contributed by atoms with Crippen LogP contribution in [0.4, 0.5) is 0 Å². The van der Waals surface area contributed by atoms with Crippen molar-refractivity contribution in [2.24, 2.45) is 0 Å². The van der Waals surface area contributed by atoms with Gasteiger partial charge in [-0.3, -0.25) is 4.98 Å². The van der Waals surface area contributed by atoms with Crippen LogP contribution in [-0.4, -0.2) is 16.1 Å². The van der Waals surface area contributed by atoms with Crippen LogP contribution in [0, 0.1) is 6.92 Å². The highest BCUT2D eigenvalue weighted by atomic mass is 16.5. The van der Waals surface area contributed by atoms with Crippen LogP contribution in [-0.2, 0) is 0 Å². The zero-order valence-electron chi connectivity index (χ0n) is 9.25. The Morgan fingerprint density at radius 3 is 2.76 bits per heavy atom. The fourth-order valence-corrected chi connectivity index (χ4v) is 1.44. The van der Waals surface area contributed by atoms with Crippen molar-refractivity contribution in [2.45, 2.75) is 6.92 Å². The number of nitrogens with zero attached hydrogens (tertiary/aromatic N) is 1. The van der Waals surface area contributed by atoms with E-state index >= 15 is 0 Å². The number of carbonyl (C=O) groups is 1. The maximum Gasteiger partial charge on any atom is 0.339 e. The first-order valence-corrected chi connectivity index (χ1v) is 5.09. The van der Waals surface area contributed by atoms with Crippen molar-refractivity contribution < 1.29 is 14.6 Å². The zero-order chi connectivity index (χ0) is 12.3. The van der Waals surface area contributed by atoms with Gasteiger partial charge in [0, 0.05) is 18.0 Å². The lowest BCUT2D eigenvalue weighted by molar-refractivity contribution is 0.0694. The Morgan fingerprint density at radius 1 is 1.29 bits per heavy atom. The molecular weight excluding hydrogens is 218 g/mol. The second-order valence-corrected chi connectivity index (χ2v) is 3.54. The molecule has 86 valence electrons. The predicted molar refractivity (Wildman–Crippen MR) is 62.4 cm³/mol. The standard InChI is InChI=1S/C13H11NO3/c1-9-8-10(6-7-14-9)17-12-5-3-2-4-11(12)13(15)16/h2-8H,1H3,(H,15,16). The lowest BCUT2D eigenvalue weighted by Gasteiger charge is -2.08. The van der Waals surface area contributed by atoms with Gasteiger partial charge < -0.3 is 9.84 Å². The Morgan fingerprint density at radius 2 is 2.06 bits per heavy atom. The van der Waals surface area contributed by atoms with Crippen LogP contribution >= 0.6 is 0 Å². The van der Waals surface area contributed by atoms with E-state index in [9.17, 15) is 4.79 Å². The van der Waals surface area contributed by atoms with Gasteiger partial charge in [0.05, 0.1) is 0 Å². The van der Waals surface area contributed by atoms with Crippen LogP contribution in [0.2, 0.25) is 0 Å². The van der Waals surface area contributed by atoms with E-state index in [1.807, 2.05) is 6.92 Å². The Kier molecular flexibility index (Phi) is 3.05. The molecule has 2 aromatic rings. The molecule has 1 N–H and O–H groups in total. The normalized spacial score (nSPS) is 9.94. The summed E-state index contributed by atoms with van der Waals surface area (Å²) in [7, 11) is 0. The summed E-state index contributed by atoms with van der Waals surface area (Å²) in [6.45, 7) is 1.84. The van der Waals surface area contributed by atoms with Crippen molar-refractivity contribution in [3.8, 4) is 11.5 Å². The van der Waals surface area contributed by atoms with Gasteiger partial charge in [-0.05, 0) is 25.1 Å². The number of ether oxygens (including phenoxy) is 1. The monoisotopic (exact) mass is 229 g/mol. The average molecular weight is 229 g/mol. The van der Waals surface area contributed by atoms with Crippen molar-refractivity contribution in [3.63, 3.8) is 0 Å². The minimum atomic E-state index is -1.01. The van der Waals surface area contributed by atoms with Crippen LogP contribution in [0.3, 0.4) is 0 Å². The second kappa shape index (κ2) is 4.65. The average Bonchev–Trinajstić information content (AvgIpc) is 2.29. The molecule has 0 fully saturated rings. The first kappa shape index (κ1) is 11.1. The lowest BCUT2D eigenvalue weighted by atomic mass is 10.2. The van der Waals surface area contributed by atoms with Crippen molar-refractivity contribution >= 4 is 5.97 Å². The Balaban J connectivity index is 2.33. The quantitative estimate of drug-likeness (QED) is 0.879. The summed E-state index contributed by atoms with van der Waals surface area (Å²) in [5, 5.41) is 9.01. The molecule has 1 aromatic carbocycles. The molecule has 1 heterocycles. The van der Waals surface area contributed by atoms with Crippen molar-refractivity contribution in [2.75, 3.05) is 0 Å². The van der Waals surface area contributed by atoms with E-state index in [0.29, 0.717) is 11.5 Å². The summed E-state index contributed by atoms with van der Waals surface area (Å²) in [5.41, 5.74) is 0.956. The van der Waals surface area contributed by atoms with E-state index in [4.69, 9.17) is 9.84 Å². The van der Waals surface area contributed by atoms with Gasteiger partial charge in [0.15, 0.2) is 0 Å². The fourth-order valence-electron chi connectivity index (χ4n) is 1.44. The number of aryl methyl sites for hydroxylation is 1. The third-order valence-corrected chi connectivity index (χ3v) is 2.21. The third kappa shape index (κ3) is 2.60. The van der Waals surface area contributed by atoms with Crippen molar-refractivity contribution in [1.82, 2.24) is 4.98 Å². The molecule has 0 aliphatic rings. The number of benzene rings is 1. The summed E-state index contributed by atoms with van der Waals surface area (Å²) < 4.78 is 5.53. The Bertz CT molecular complexity index is 552. The highest BCUT2D eigenvalue weighted by Gasteiger charge is 2.10. The Labute approximate surface area is 98.5 Å². The number of para-hydroxylation sites is 1. The van der Waals surface area contributed by atoms with E-state index in [1.165, 1.54) is 6.07 Å². The van der Waals surface area contributed by atoms with Crippen molar-refractivity contribution in [3.05, 3.63) is 53.9 Å². The van der Waals surface area contributed by atoms with Crippen LogP contribution < -0.4 is 4.74 Å². The molecule has 0 aliphatic carbocycles. The van der Waals surface area contributed by atoms with Crippen LogP contribution in [0.1, 0.15) is 16.1 Å². The fraction of sp³-hybridized carbons (Fsp3) is 0.0769. The molecular formula is C13H11NO3. The number of carboxylic acid groups (broad SMARTS) is 1. The molecule has 17 heavy (non-hydrogen) atoms. The first-order chi connectivity index (χ1) is 8.16. The lowest BCUT2D eigenvalue weighted by Crippen LogP contribution is -1.99. The summed E-state index contributed by atoms with van der Waals surface area (Å²) in [6, 6.07) is 9.96. The number of rotatable bonds is 3. The molecule has 0 atom stereocenters. The van der Waals surface area contributed by atoms with Gasteiger partial charge in [0.1, 0.15) is 17.1 Å². The summed E-state index contributed by atoms with van der Waals surface area (Å²) in [4.78, 5) is 15.0. The van der Waals surface area contributed by atoms with Gasteiger partial charge in [-0.25, -0.2) is 4.79 Å². The van der Waals surface area contributed by atoms with Gasteiger partial charge in [0.2, 0.25) is 0 Å². The van der Waals surface area contributed by atoms with E-state index < -0.39 is 5.97 Å². The predicted octanol–water partition coefficient (Wildman–Crippen LogP) is 2.88. The van der Waals surface area contributed by atoms with E-state index in [0.717, 1.165) is 5.69 Å².